The zero-order valence-electron chi connectivity index (χ0n) is 11.5. The van der Waals surface area contributed by atoms with Crippen molar-refractivity contribution in [1.82, 2.24) is 5.32 Å². The molecular weight excluding hydrogens is 304 g/mol. The van der Waals surface area contributed by atoms with Crippen LogP contribution in [0.4, 0.5) is 0 Å². The molecule has 1 unspecified atom stereocenters. The van der Waals surface area contributed by atoms with Gasteiger partial charge in [0.1, 0.15) is 0 Å². The Morgan fingerprint density at radius 3 is 2.62 bits per heavy atom. The van der Waals surface area contributed by atoms with Gasteiger partial charge in [-0.2, -0.15) is 0 Å². The molecule has 3 N–H and O–H groups in total. The summed E-state index contributed by atoms with van der Waals surface area (Å²) < 4.78 is 0.717. The van der Waals surface area contributed by atoms with Crippen molar-refractivity contribution in [3.05, 3.63) is 56.7 Å². The third-order valence-corrected chi connectivity index (χ3v) is 4.26. The maximum atomic E-state index is 12.2. The second kappa shape index (κ2) is 7.28. The van der Waals surface area contributed by atoms with Gasteiger partial charge in [-0.05, 0) is 43.3 Å². The van der Waals surface area contributed by atoms with Gasteiger partial charge in [0, 0.05) is 16.0 Å². The van der Waals surface area contributed by atoms with Crippen molar-refractivity contribution in [2.24, 2.45) is 5.73 Å². The first-order valence-electron chi connectivity index (χ1n) is 6.45. The van der Waals surface area contributed by atoms with E-state index in [0.717, 1.165) is 10.4 Å². The van der Waals surface area contributed by atoms with E-state index in [9.17, 15) is 4.79 Å². The highest BCUT2D eigenvalue weighted by Gasteiger charge is 2.12. The molecule has 21 heavy (non-hydrogen) atoms. The number of hydrogen-bond acceptors (Lipinski definition) is 3. The van der Waals surface area contributed by atoms with Crippen molar-refractivity contribution in [2.45, 2.75) is 13.0 Å². The minimum absolute atomic E-state index is 0.0771. The summed E-state index contributed by atoms with van der Waals surface area (Å²) in [5.74, 6) is 5.58. The lowest BCUT2D eigenvalue weighted by atomic mass is 10.1. The van der Waals surface area contributed by atoms with Gasteiger partial charge in [0.25, 0.3) is 5.91 Å². The monoisotopic (exact) mass is 318 g/mol. The van der Waals surface area contributed by atoms with Gasteiger partial charge in [0.15, 0.2) is 0 Å². The Kier molecular flexibility index (Phi) is 5.40. The molecule has 0 spiro atoms. The Morgan fingerprint density at radius 2 is 2.05 bits per heavy atom. The van der Waals surface area contributed by atoms with Crippen LogP contribution in [0.5, 0.6) is 0 Å². The summed E-state index contributed by atoms with van der Waals surface area (Å²) >= 11 is 7.37. The van der Waals surface area contributed by atoms with E-state index in [4.69, 9.17) is 17.3 Å². The second-order valence-electron chi connectivity index (χ2n) is 4.42. The number of hydrogen-bond donors (Lipinski definition) is 2. The Hall–Kier alpha value is -1.80. The number of nitrogens with two attached hydrogens (primary N) is 1. The molecule has 108 valence electrons. The number of carbonyl (C=O) groups is 1. The molecule has 1 heterocycles. The lowest BCUT2D eigenvalue weighted by Crippen LogP contribution is -2.26. The average Bonchev–Trinajstić information content (AvgIpc) is 2.92. The van der Waals surface area contributed by atoms with Gasteiger partial charge in [0.2, 0.25) is 0 Å². The van der Waals surface area contributed by atoms with Crippen LogP contribution in [0.3, 0.4) is 0 Å². The molecular formula is C16H15ClN2OS. The van der Waals surface area contributed by atoms with E-state index in [1.807, 2.05) is 31.2 Å². The topological polar surface area (TPSA) is 55.1 Å². The van der Waals surface area contributed by atoms with Crippen molar-refractivity contribution in [3.63, 3.8) is 0 Å². The molecule has 2 rings (SSSR count). The molecule has 5 heteroatoms. The van der Waals surface area contributed by atoms with Crippen LogP contribution in [0.1, 0.15) is 33.8 Å². The first-order valence-corrected chi connectivity index (χ1v) is 7.64. The molecule has 2 aromatic rings. The SMILES string of the molecule is CC(NC(=O)c1ccc(C#CCN)cc1)c1ccc(Cl)s1. The summed E-state index contributed by atoms with van der Waals surface area (Å²) in [7, 11) is 0. The van der Waals surface area contributed by atoms with E-state index < -0.39 is 0 Å². The van der Waals surface area contributed by atoms with Crippen LogP contribution in [0.2, 0.25) is 4.34 Å². The molecule has 1 aromatic carbocycles. The average molecular weight is 319 g/mol. The smallest absolute Gasteiger partial charge is 0.251 e. The standard InChI is InChI=1S/C16H15ClN2OS/c1-11(14-8-9-15(17)21-14)19-16(20)13-6-4-12(5-7-13)3-2-10-18/h4-9,11H,10,18H2,1H3,(H,19,20). The van der Waals surface area contributed by atoms with Crippen LogP contribution in [0, 0.1) is 11.8 Å². The maximum absolute atomic E-state index is 12.2. The summed E-state index contributed by atoms with van der Waals surface area (Å²) in [4.78, 5) is 13.2. The molecule has 0 bridgehead atoms. The summed E-state index contributed by atoms with van der Waals surface area (Å²) in [5.41, 5.74) is 6.76. The minimum atomic E-state index is -0.120. The predicted octanol–water partition coefficient (Wildman–Crippen LogP) is 3.20. The quantitative estimate of drug-likeness (QED) is 0.854. The largest absolute Gasteiger partial charge is 0.345 e. The van der Waals surface area contributed by atoms with E-state index in [1.165, 1.54) is 11.3 Å². The van der Waals surface area contributed by atoms with Crippen LogP contribution in [0.15, 0.2) is 36.4 Å². The third-order valence-electron chi connectivity index (χ3n) is 2.85. The highest BCUT2D eigenvalue weighted by Crippen LogP contribution is 2.26. The molecule has 0 fully saturated rings. The second-order valence-corrected chi connectivity index (χ2v) is 6.17. The fraction of sp³-hybridized carbons (Fsp3) is 0.188. The number of thiophene rings is 1. The molecule has 0 aliphatic carbocycles. The number of halogens is 1. The molecule has 0 saturated carbocycles. The van der Waals surface area contributed by atoms with Crippen molar-refractivity contribution in [3.8, 4) is 11.8 Å². The van der Waals surface area contributed by atoms with Crippen LogP contribution in [-0.4, -0.2) is 12.5 Å². The lowest BCUT2D eigenvalue weighted by Gasteiger charge is -2.12. The predicted molar refractivity (Wildman–Crippen MR) is 87.6 cm³/mol. The van der Waals surface area contributed by atoms with Crippen molar-refractivity contribution < 1.29 is 4.79 Å². The Labute approximate surface area is 133 Å². The number of benzene rings is 1. The van der Waals surface area contributed by atoms with Gasteiger partial charge in [-0.3, -0.25) is 4.79 Å². The number of amides is 1. The van der Waals surface area contributed by atoms with Gasteiger partial charge < -0.3 is 11.1 Å². The maximum Gasteiger partial charge on any atom is 0.251 e. The van der Waals surface area contributed by atoms with Gasteiger partial charge in [-0.25, -0.2) is 0 Å². The Morgan fingerprint density at radius 1 is 1.33 bits per heavy atom. The summed E-state index contributed by atoms with van der Waals surface area (Å²) in [6.07, 6.45) is 0. The van der Waals surface area contributed by atoms with Crippen LogP contribution < -0.4 is 11.1 Å². The molecule has 1 atom stereocenters. The first kappa shape index (κ1) is 15.6. The van der Waals surface area contributed by atoms with Gasteiger partial charge in [-0.1, -0.05) is 23.4 Å². The Balaban J connectivity index is 2.03. The zero-order valence-corrected chi connectivity index (χ0v) is 13.1. The summed E-state index contributed by atoms with van der Waals surface area (Å²) in [6.45, 7) is 2.25. The van der Waals surface area contributed by atoms with Crippen molar-refractivity contribution >= 4 is 28.8 Å². The van der Waals surface area contributed by atoms with E-state index in [1.54, 1.807) is 12.1 Å². The van der Waals surface area contributed by atoms with Gasteiger partial charge in [0.05, 0.1) is 16.9 Å². The highest BCUT2D eigenvalue weighted by atomic mass is 35.5. The fourth-order valence-corrected chi connectivity index (χ4v) is 2.83. The van der Waals surface area contributed by atoms with Crippen molar-refractivity contribution in [2.75, 3.05) is 6.54 Å². The van der Waals surface area contributed by atoms with E-state index in [0.29, 0.717) is 16.4 Å². The van der Waals surface area contributed by atoms with Gasteiger partial charge >= 0.3 is 0 Å². The lowest BCUT2D eigenvalue weighted by molar-refractivity contribution is 0.0940. The van der Waals surface area contributed by atoms with Crippen LogP contribution in [-0.2, 0) is 0 Å². The van der Waals surface area contributed by atoms with Crippen LogP contribution >= 0.6 is 22.9 Å². The molecule has 0 radical (unpaired) electrons. The Bertz CT molecular complexity index is 682. The molecule has 0 aliphatic heterocycles. The highest BCUT2D eigenvalue weighted by molar-refractivity contribution is 7.16. The first-order chi connectivity index (χ1) is 10.1. The zero-order chi connectivity index (χ0) is 15.2. The number of rotatable bonds is 3. The minimum Gasteiger partial charge on any atom is -0.345 e. The van der Waals surface area contributed by atoms with Gasteiger partial charge in [-0.15, -0.1) is 11.3 Å². The summed E-state index contributed by atoms with van der Waals surface area (Å²) in [6, 6.07) is 10.8. The third kappa shape index (κ3) is 4.33. The summed E-state index contributed by atoms with van der Waals surface area (Å²) in [5, 5.41) is 2.95. The number of carbonyl (C=O) groups excluding carboxylic acids is 1. The molecule has 0 saturated heterocycles. The molecule has 3 nitrogen and oxygen atoms in total. The number of nitrogens with one attached hydrogen (secondary N) is 1. The molecule has 0 aliphatic rings. The van der Waals surface area contributed by atoms with E-state index in [2.05, 4.69) is 17.2 Å². The normalized spacial score (nSPS) is 11.4. The van der Waals surface area contributed by atoms with E-state index in [-0.39, 0.29) is 11.9 Å². The fourth-order valence-electron chi connectivity index (χ4n) is 1.77. The molecule has 1 amide bonds. The van der Waals surface area contributed by atoms with Crippen molar-refractivity contribution in [1.29, 1.82) is 0 Å². The van der Waals surface area contributed by atoms with E-state index >= 15 is 0 Å². The van der Waals surface area contributed by atoms with Crippen LogP contribution in [0.25, 0.3) is 0 Å². The molecule has 1 aromatic heterocycles.